The van der Waals surface area contributed by atoms with Gasteiger partial charge >= 0.3 is 11.9 Å². The largest absolute Gasteiger partial charge is 0.494 e. The summed E-state index contributed by atoms with van der Waals surface area (Å²) >= 11 is 6.64. The van der Waals surface area contributed by atoms with Crippen LogP contribution in [-0.4, -0.2) is 47.9 Å². The number of amides is 5. The average Bonchev–Trinajstić information content (AvgIpc) is 3.45. The number of imide groups is 1. The molecule has 1 saturated heterocycles. The zero-order valence-electron chi connectivity index (χ0n) is 19.6. The smallest absolute Gasteiger partial charge is 0.324 e. The minimum atomic E-state index is -1.02. The topological polar surface area (TPSA) is 200 Å². The Morgan fingerprint density at radius 1 is 1.15 bits per heavy atom. The summed E-state index contributed by atoms with van der Waals surface area (Å²) in [6.45, 7) is 0. The first kappa shape index (κ1) is 25.7. The van der Waals surface area contributed by atoms with Gasteiger partial charge in [-0.25, -0.2) is 9.78 Å². The summed E-state index contributed by atoms with van der Waals surface area (Å²) in [6, 6.07) is 7.18. The van der Waals surface area contributed by atoms with E-state index in [0.29, 0.717) is 5.69 Å². The fourth-order valence-electron chi connectivity index (χ4n) is 3.96. The highest BCUT2D eigenvalue weighted by atomic mass is 35.5. The second-order valence-corrected chi connectivity index (χ2v) is 9.40. The number of hydrogen-bond donors (Lipinski definition) is 5. The Kier molecular flexibility index (Phi) is 6.91. The molecule has 1 aliphatic heterocycles. The summed E-state index contributed by atoms with van der Waals surface area (Å²) in [5.74, 6) is -2.81. The van der Waals surface area contributed by atoms with Gasteiger partial charge in [0.05, 0.1) is 11.1 Å². The molecule has 1 fully saturated rings. The molecule has 0 saturated carbocycles. The fourth-order valence-corrected chi connectivity index (χ4v) is 4.76. The van der Waals surface area contributed by atoms with Crippen molar-refractivity contribution in [2.45, 2.75) is 18.9 Å². The SMILES string of the molecule is O=C1CCC(n2c(O)c3cccc(N=NC(=O)c4cc(NC(=O)Nc5ccnc(Cl)c5)sn4)c3c2O)C(=O)N1. The number of azo groups is 1. The van der Waals surface area contributed by atoms with Crippen LogP contribution in [-0.2, 0) is 9.59 Å². The minimum Gasteiger partial charge on any atom is -0.494 e. The van der Waals surface area contributed by atoms with Crippen LogP contribution in [0, 0.1) is 0 Å². The highest BCUT2D eigenvalue weighted by molar-refractivity contribution is 7.10. The summed E-state index contributed by atoms with van der Waals surface area (Å²) < 4.78 is 4.99. The van der Waals surface area contributed by atoms with Crippen LogP contribution in [0.1, 0.15) is 29.4 Å². The van der Waals surface area contributed by atoms with E-state index < -0.39 is 41.6 Å². The standard InChI is InChI=1S/C23H17ClN8O6S/c24-15-8-10(6-7-25-15)26-23(38)28-17-9-13(31-39-17)19(34)30-29-12-3-1-2-11-18(12)22(37)32(21(11)36)14-4-5-16(33)27-20(14)35/h1-3,6-9,14,36-37H,4-5H2,(H,27,33,35)(H2,25,26,28,38). The van der Waals surface area contributed by atoms with E-state index in [0.717, 1.165) is 16.1 Å². The first-order chi connectivity index (χ1) is 18.7. The number of benzene rings is 1. The second-order valence-electron chi connectivity index (χ2n) is 8.21. The number of nitrogens with one attached hydrogen (secondary N) is 3. The first-order valence-electron chi connectivity index (χ1n) is 11.2. The predicted octanol–water partition coefficient (Wildman–Crippen LogP) is 4.10. The van der Waals surface area contributed by atoms with Gasteiger partial charge < -0.3 is 15.5 Å². The number of urea groups is 1. The number of nitrogens with zero attached hydrogens (tertiary/aromatic N) is 5. The molecule has 1 aromatic carbocycles. The summed E-state index contributed by atoms with van der Waals surface area (Å²) in [6.07, 6.45) is 1.55. The molecule has 4 aromatic rings. The van der Waals surface area contributed by atoms with Crippen molar-refractivity contribution in [3.8, 4) is 11.8 Å². The molecule has 0 bridgehead atoms. The number of carbonyl (C=O) groups excluding carboxylic acids is 4. The quantitative estimate of drug-likeness (QED) is 0.134. The number of piperidine rings is 1. The third kappa shape index (κ3) is 5.25. The van der Waals surface area contributed by atoms with E-state index in [4.69, 9.17) is 11.6 Å². The van der Waals surface area contributed by atoms with E-state index in [1.165, 1.54) is 36.5 Å². The van der Waals surface area contributed by atoms with Gasteiger partial charge in [0.25, 0.3) is 0 Å². The Hall–Kier alpha value is -4.89. The van der Waals surface area contributed by atoms with Crippen molar-refractivity contribution in [2.24, 2.45) is 10.2 Å². The molecule has 0 spiro atoms. The number of aromatic nitrogens is 3. The molecule has 5 amide bonds. The monoisotopic (exact) mass is 568 g/mol. The Balaban J connectivity index is 1.33. The second kappa shape index (κ2) is 10.5. The van der Waals surface area contributed by atoms with Crippen LogP contribution in [0.5, 0.6) is 11.8 Å². The highest BCUT2D eigenvalue weighted by Gasteiger charge is 2.33. The third-order valence-electron chi connectivity index (χ3n) is 5.68. The van der Waals surface area contributed by atoms with Gasteiger partial charge in [-0.3, -0.25) is 29.6 Å². The van der Waals surface area contributed by atoms with Crippen molar-refractivity contribution in [3.05, 3.63) is 53.4 Å². The fraction of sp³-hybridized carbons (Fsp3) is 0.130. The van der Waals surface area contributed by atoms with Gasteiger partial charge in [0.15, 0.2) is 0 Å². The van der Waals surface area contributed by atoms with Crippen molar-refractivity contribution in [3.63, 3.8) is 0 Å². The van der Waals surface area contributed by atoms with Crippen molar-refractivity contribution < 1.29 is 29.4 Å². The lowest BCUT2D eigenvalue weighted by molar-refractivity contribution is -0.135. The van der Waals surface area contributed by atoms with Crippen molar-refractivity contribution in [2.75, 3.05) is 10.6 Å². The first-order valence-corrected chi connectivity index (χ1v) is 12.4. The summed E-state index contributed by atoms with van der Waals surface area (Å²) in [5.41, 5.74) is 0.368. The van der Waals surface area contributed by atoms with Crippen molar-refractivity contribution in [1.82, 2.24) is 19.2 Å². The Labute approximate surface area is 227 Å². The number of halogens is 1. The van der Waals surface area contributed by atoms with Gasteiger partial charge in [-0.05, 0) is 42.2 Å². The number of anilines is 2. The average molecular weight is 569 g/mol. The summed E-state index contributed by atoms with van der Waals surface area (Å²) in [7, 11) is 0. The van der Waals surface area contributed by atoms with Gasteiger partial charge in [0, 0.05) is 29.8 Å². The van der Waals surface area contributed by atoms with Gasteiger partial charge in [0.2, 0.25) is 23.6 Å². The number of aromatic hydroxyl groups is 2. The van der Waals surface area contributed by atoms with Crippen molar-refractivity contribution in [1.29, 1.82) is 0 Å². The highest BCUT2D eigenvalue weighted by Crippen LogP contribution is 2.44. The van der Waals surface area contributed by atoms with Gasteiger partial charge in [-0.15, -0.1) is 10.2 Å². The number of rotatable bonds is 5. The Morgan fingerprint density at radius 3 is 2.74 bits per heavy atom. The maximum Gasteiger partial charge on any atom is 0.324 e. The third-order valence-corrected chi connectivity index (χ3v) is 6.60. The van der Waals surface area contributed by atoms with Crippen LogP contribution in [0.2, 0.25) is 5.15 Å². The summed E-state index contributed by atoms with van der Waals surface area (Å²) in [5, 5.41) is 37.1. The van der Waals surface area contributed by atoms with Gasteiger partial charge in [-0.2, -0.15) is 4.37 Å². The van der Waals surface area contributed by atoms with Crippen LogP contribution in [0.25, 0.3) is 10.8 Å². The van der Waals surface area contributed by atoms with Gasteiger partial charge in [-0.1, -0.05) is 17.7 Å². The Morgan fingerprint density at radius 2 is 1.97 bits per heavy atom. The lowest BCUT2D eigenvalue weighted by Gasteiger charge is -2.23. The van der Waals surface area contributed by atoms with E-state index in [-0.39, 0.29) is 45.1 Å². The van der Waals surface area contributed by atoms with E-state index in [1.54, 1.807) is 6.07 Å². The molecular weight excluding hydrogens is 552 g/mol. The molecular formula is C23H17ClN8O6S. The van der Waals surface area contributed by atoms with E-state index in [1.807, 2.05) is 0 Å². The molecule has 1 aliphatic rings. The number of hydrogen-bond acceptors (Lipinski definition) is 10. The van der Waals surface area contributed by atoms with Crippen LogP contribution in [0.15, 0.2) is 52.8 Å². The number of pyridine rings is 1. The number of fused-ring (bicyclic) bond motifs is 1. The van der Waals surface area contributed by atoms with Crippen LogP contribution < -0.4 is 16.0 Å². The number of carbonyl (C=O) groups is 4. The van der Waals surface area contributed by atoms with Crippen LogP contribution in [0.3, 0.4) is 0 Å². The molecule has 3 aromatic heterocycles. The Bertz CT molecular complexity index is 1680. The molecule has 198 valence electrons. The van der Waals surface area contributed by atoms with Crippen LogP contribution in [0.4, 0.5) is 21.2 Å². The van der Waals surface area contributed by atoms with E-state index >= 15 is 0 Å². The molecule has 4 heterocycles. The molecule has 1 atom stereocenters. The maximum atomic E-state index is 12.6. The van der Waals surface area contributed by atoms with Crippen LogP contribution >= 0.6 is 23.1 Å². The maximum absolute atomic E-state index is 12.6. The molecule has 39 heavy (non-hydrogen) atoms. The van der Waals surface area contributed by atoms with Crippen molar-refractivity contribution >= 4 is 74.0 Å². The zero-order valence-corrected chi connectivity index (χ0v) is 21.2. The lowest BCUT2D eigenvalue weighted by Crippen LogP contribution is -2.41. The van der Waals surface area contributed by atoms with Gasteiger partial charge in [0.1, 0.15) is 21.9 Å². The zero-order chi connectivity index (χ0) is 27.7. The molecule has 1 unspecified atom stereocenters. The molecule has 0 aliphatic carbocycles. The lowest BCUT2D eigenvalue weighted by atomic mass is 10.1. The van der Waals surface area contributed by atoms with E-state index in [2.05, 4.69) is 35.5 Å². The molecule has 0 radical (unpaired) electrons. The normalized spacial score (nSPS) is 15.5. The minimum absolute atomic E-state index is 0.0368. The molecule has 5 rings (SSSR count). The molecule has 16 heteroatoms. The molecule has 14 nitrogen and oxygen atoms in total. The summed E-state index contributed by atoms with van der Waals surface area (Å²) in [4.78, 5) is 52.4. The molecule has 5 N–H and O–H groups in total. The predicted molar refractivity (Wildman–Crippen MR) is 140 cm³/mol. The van der Waals surface area contributed by atoms with E-state index in [9.17, 15) is 29.4 Å².